The van der Waals surface area contributed by atoms with Crippen molar-refractivity contribution in [2.45, 2.75) is 0 Å². The molecule has 0 rings (SSSR count). The Hall–Kier alpha value is -0.540. The van der Waals surface area contributed by atoms with Crippen molar-refractivity contribution in [3.63, 3.8) is 0 Å². The number of urea groups is 1. The molecule has 2 amide bonds. The van der Waals surface area contributed by atoms with Crippen molar-refractivity contribution < 1.29 is 21.6 Å². The van der Waals surface area contributed by atoms with Crippen LogP contribution < -0.4 is 4.72 Å². The molecule has 0 fully saturated rings. The van der Waals surface area contributed by atoms with Crippen LogP contribution in [0.5, 0.6) is 0 Å². The van der Waals surface area contributed by atoms with Crippen molar-refractivity contribution in [3.05, 3.63) is 0 Å². The lowest BCUT2D eigenvalue weighted by atomic mass is 11.0. The van der Waals surface area contributed by atoms with E-state index in [9.17, 15) is 21.6 Å². The minimum Gasteiger partial charge on any atom is -0.246 e. The van der Waals surface area contributed by atoms with E-state index in [0.29, 0.717) is 0 Å². The number of amides is 2. The van der Waals surface area contributed by atoms with Crippen LogP contribution in [-0.2, 0) is 19.3 Å². The van der Waals surface area contributed by atoms with Crippen LogP contribution in [0, 0.1) is 0 Å². The normalized spacial score (nSPS) is 12.2. The molecule has 0 aliphatic heterocycles. The number of nitrogens with zero attached hydrogens (tertiary/aromatic N) is 1. The van der Waals surface area contributed by atoms with E-state index in [1.807, 2.05) is 0 Å². The first kappa shape index (κ1) is 12.5. The van der Waals surface area contributed by atoms with E-state index in [0.717, 1.165) is 13.3 Å². The minimum atomic E-state index is -4.26. The first-order chi connectivity index (χ1) is 5.54. The molecule has 0 saturated carbocycles. The number of sulfonamides is 1. The zero-order valence-electron chi connectivity index (χ0n) is 6.68. The smallest absolute Gasteiger partial charge is 0.246 e. The lowest BCUT2D eigenvalue weighted by molar-refractivity contribution is 0.234. The second kappa shape index (κ2) is 3.68. The molecule has 0 aromatic rings. The van der Waals surface area contributed by atoms with Gasteiger partial charge in [0.2, 0.25) is 10.0 Å². The van der Waals surface area contributed by atoms with Gasteiger partial charge in [-0.3, -0.25) is 0 Å². The number of carbonyl (C=O) groups excluding carboxylic acids is 1. The highest BCUT2D eigenvalue weighted by atomic mass is 35.7. The van der Waals surface area contributed by atoms with Crippen LogP contribution in [0.4, 0.5) is 4.79 Å². The summed E-state index contributed by atoms with van der Waals surface area (Å²) in [7, 11) is -2.50. The van der Waals surface area contributed by atoms with Crippen molar-refractivity contribution in [3.8, 4) is 0 Å². The fraction of sp³-hybridized carbons (Fsp3) is 0.667. The molecular formula is C3H7ClN2O5S2. The predicted octanol–water partition coefficient (Wildman–Crippen LogP) is -0.929. The van der Waals surface area contributed by atoms with Gasteiger partial charge in [0.1, 0.15) is 0 Å². The predicted molar refractivity (Wildman–Crippen MR) is 45.9 cm³/mol. The van der Waals surface area contributed by atoms with Gasteiger partial charge in [0.25, 0.3) is 0 Å². The third kappa shape index (κ3) is 4.90. The summed E-state index contributed by atoms with van der Waals surface area (Å²) in [4.78, 5) is 10.8. The average molecular weight is 251 g/mol. The number of hydrogen-bond donors (Lipinski definition) is 1. The molecule has 0 heterocycles. The van der Waals surface area contributed by atoms with E-state index in [1.54, 1.807) is 0 Å². The molecule has 0 atom stereocenters. The van der Waals surface area contributed by atoms with Crippen LogP contribution in [0.15, 0.2) is 0 Å². The maximum absolute atomic E-state index is 10.8. The van der Waals surface area contributed by atoms with Crippen molar-refractivity contribution >= 4 is 36.0 Å². The third-order valence-electron chi connectivity index (χ3n) is 0.993. The van der Waals surface area contributed by atoms with E-state index >= 15 is 0 Å². The standard InChI is InChI=1S/C3H7ClN2O5S2/c1-6(12(2,8)9)3(7)5-13(4,10)11/h1-2H3,(H,5,7). The Morgan fingerprint density at radius 2 is 1.69 bits per heavy atom. The maximum Gasteiger partial charge on any atom is 0.345 e. The number of hydrogen-bond acceptors (Lipinski definition) is 5. The summed E-state index contributed by atoms with van der Waals surface area (Å²) < 4.78 is 43.4. The highest BCUT2D eigenvalue weighted by Gasteiger charge is 2.21. The van der Waals surface area contributed by atoms with Crippen molar-refractivity contribution in [2.75, 3.05) is 13.3 Å². The van der Waals surface area contributed by atoms with Crippen molar-refractivity contribution in [2.24, 2.45) is 0 Å². The molecule has 78 valence electrons. The molecule has 1 N–H and O–H groups in total. The van der Waals surface area contributed by atoms with Gasteiger partial charge in [0.15, 0.2) is 0 Å². The fourth-order valence-corrected chi connectivity index (χ4v) is 1.27. The number of nitrogens with one attached hydrogen (secondary N) is 1. The summed E-state index contributed by atoms with van der Waals surface area (Å²) in [6.07, 6.45) is 0.743. The molecule has 0 spiro atoms. The largest absolute Gasteiger partial charge is 0.345 e. The molecule has 0 unspecified atom stereocenters. The van der Waals surface area contributed by atoms with Gasteiger partial charge in [-0.1, -0.05) is 0 Å². The van der Waals surface area contributed by atoms with Crippen molar-refractivity contribution in [1.82, 2.24) is 9.03 Å². The molecule has 0 bridgehead atoms. The molecule has 0 saturated heterocycles. The zero-order valence-corrected chi connectivity index (χ0v) is 9.07. The van der Waals surface area contributed by atoms with Crippen LogP contribution >= 0.6 is 10.7 Å². The number of carbonyl (C=O) groups is 1. The van der Waals surface area contributed by atoms with Gasteiger partial charge in [-0.05, 0) is 0 Å². The van der Waals surface area contributed by atoms with E-state index in [2.05, 4.69) is 10.7 Å². The van der Waals surface area contributed by atoms with E-state index in [1.165, 1.54) is 4.72 Å². The third-order valence-corrected chi connectivity index (χ3v) is 2.80. The van der Waals surface area contributed by atoms with Gasteiger partial charge >= 0.3 is 15.3 Å². The van der Waals surface area contributed by atoms with Crippen LogP contribution in [0.2, 0.25) is 0 Å². The Bertz CT molecular complexity index is 397. The first-order valence-electron chi connectivity index (χ1n) is 2.74. The summed E-state index contributed by atoms with van der Waals surface area (Å²) in [5.74, 6) is 0. The lowest BCUT2D eigenvalue weighted by Gasteiger charge is -2.13. The highest BCUT2D eigenvalue weighted by Crippen LogP contribution is 1.97. The van der Waals surface area contributed by atoms with E-state index in [-0.39, 0.29) is 4.31 Å². The number of rotatable bonds is 2. The minimum absolute atomic E-state index is 0.215. The molecule has 13 heavy (non-hydrogen) atoms. The van der Waals surface area contributed by atoms with Crippen molar-refractivity contribution in [1.29, 1.82) is 0 Å². The van der Waals surface area contributed by atoms with Gasteiger partial charge in [0, 0.05) is 17.7 Å². The Morgan fingerprint density at radius 1 is 1.31 bits per heavy atom. The van der Waals surface area contributed by atoms with Gasteiger partial charge in [-0.2, -0.15) is 8.42 Å². The molecule has 10 heteroatoms. The molecular weight excluding hydrogens is 244 g/mol. The average Bonchev–Trinajstić information content (AvgIpc) is 1.79. The van der Waals surface area contributed by atoms with Gasteiger partial charge < -0.3 is 0 Å². The van der Waals surface area contributed by atoms with Crippen LogP contribution in [0.3, 0.4) is 0 Å². The molecule has 0 aromatic carbocycles. The summed E-state index contributed by atoms with van der Waals surface area (Å²) >= 11 is 0. The second-order valence-corrected chi connectivity index (χ2v) is 6.39. The molecule has 0 aromatic heterocycles. The Kier molecular flexibility index (Phi) is 3.53. The van der Waals surface area contributed by atoms with Crippen LogP contribution in [-0.4, -0.2) is 40.5 Å². The van der Waals surface area contributed by atoms with Gasteiger partial charge in [0.05, 0.1) is 6.26 Å². The summed E-state index contributed by atoms with van der Waals surface area (Å²) in [5, 5.41) is 0. The van der Waals surface area contributed by atoms with E-state index < -0.39 is 25.3 Å². The van der Waals surface area contributed by atoms with Crippen LogP contribution in [0.25, 0.3) is 0 Å². The SMILES string of the molecule is CN(C(=O)NS(=O)(=O)Cl)S(C)(=O)=O. The molecule has 0 aliphatic carbocycles. The van der Waals surface area contributed by atoms with Crippen LogP contribution in [0.1, 0.15) is 0 Å². The molecule has 0 aliphatic rings. The quantitative estimate of drug-likeness (QED) is 0.638. The monoisotopic (exact) mass is 250 g/mol. The Labute approximate surface area is 80.3 Å². The molecule has 0 radical (unpaired) electrons. The first-order valence-corrected chi connectivity index (χ1v) is 6.90. The Balaban J connectivity index is 4.67. The van der Waals surface area contributed by atoms with Gasteiger partial charge in [-0.25, -0.2) is 22.2 Å². The second-order valence-electron chi connectivity index (χ2n) is 2.08. The zero-order chi connectivity index (χ0) is 10.9. The highest BCUT2D eigenvalue weighted by molar-refractivity contribution is 8.12. The fourth-order valence-electron chi connectivity index (χ4n) is 0.319. The lowest BCUT2D eigenvalue weighted by Crippen LogP contribution is -2.41. The van der Waals surface area contributed by atoms with E-state index in [4.69, 9.17) is 0 Å². The topological polar surface area (TPSA) is 101 Å². The summed E-state index contributed by atoms with van der Waals surface area (Å²) in [5.41, 5.74) is 0. The van der Waals surface area contributed by atoms with Gasteiger partial charge in [-0.15, -0.1) is 0 Å². The maximum atomic E-state index is 10.8. The number of halogens is 1. The molecule has 7 nitrogen and oxygen atoms in total. The summed E-state index contributed by atoms with van der Waals surface area (Å²) in [6.45, 7) is 0. The summed E-state index contributed by atoms with van der Waals surface area (Å²) in [6, 6.07) is -1.34. The Morgan fingerprint density at radius 3 is 1.92 bits per heavy atom.